The second-order valence-electron chi connectivity index (χ2n) is 6.27. The molecule has 1 saturated carbocycles. The third kappa shape index (κ3) is 1.76. The molecule has 0 N–H and O–H groups in total. The van der Waals surface area contributed by atoms with E-state index >= 15 is 0 Å². The lowest BCUT2D eigenvalue weighted by molar-refractivity contribution is 0.756. The first-order chi connectivity index (χ1) is 11.6. The number of nitrogens with zero attached hydrogens (tertiary/aromatic N) is 7. The van der Waals surface area contributed by atoms with Crippen molar-refractivity contribution in [2.75, 3.05) is 0 Å². The van der Waals surface area contributed by atoms with E-state index in [0.717, 1.165) is 35.4 Å². The van der Waals surface area contributed by atoms with Crippen molar-refractivity contribution in [3.8, 4) is 5.82 Å². The molecule has 24 heavy (non-hydrogen) atoms. The second-order valence-corrected chi connectivity index (χ2v) is 6.27. The van der Waals surface area contributed by atoms with Crippen LogP contribution in [0.1, 0.15) is 30.3 Å². The Hall–Kier alpha value is -3.03. The van der Waals surface area contributed by atoms with Crippen molar-refractivity contribution >= 4 is 16.8 Å². The van der Waals surface area contributed by atoms with Crippen LogP contribution in [0.25, 0.3) is 22.6 Å². The molecule has 1 aliphatic carbocycles. The Morgan fingerprint density at radius 2 is 1.96 bits per heavy atom. The van der Waals surface area contributed by atoms with Gasteiger partial charge in [0.2, 0.25) is 0 Å². The molecule has 0 amide bonds. The average molecular weight is 321 g/mol. The molecule has 8 nitrogen and oxygen atoms in total. The maximum atomic E-state index is 12.2. The minimum absolute atomic E-state index is 0.152. The van der Waals surface area contributed by atoms with Gasteiger partial charge in [-0.25, -0.2) is 15.0 Å². The number of imidazole rings is 1. The number of aryl methyl sites for hydroxylation is 2. The van der Waals surface area contributed by atoms with E-state index in [1.807, 2.05) is 30.8 Å². The minimum atomic E-state index is -0.152. The van der Waals surface area contributed by atoms with E-state index in [1.165, 1.54) is 4.52 Å². The number of hydrogen-bond donors (Lipinski definition) is 0. The Kier molecular flexibility index (Phi) is 2.51. The Bertz CT molecular complexity index is 1160. The highest BCUT2D eigenvalue weighted by Gasteiger charge is 2.27. The summed E-state index contributed by atoms with van der Waals surface area (Å²) in [5.74, 6) is 0.668. The lowest BCUT2D eigenvalue weighted by Gasteiger charge is -2.11. The molecule has 1 fully saturated rings. The van der Waals surface area contributed by atoms with Crippen LogP contribution >= 0.6 is 0 Å². The molecule has 0 aromatic carbocycles. The van der Waals surface area contributed by atoms with E-state index in [0.29, 0.717) is 17.5 Å². The lowest BCUT2D eigenvalue weighted by Crippen LogP contribution is -2.19. The minimum Gasteiger partial charge on any atom is -0.312 e. The molecule has 4 heterocycles. The van der Waals surface area contributed by atoms with Gasteiger partial charge in [0.25, 0.3) is 5.56 Å². The van der Waals surface area contributed by atoms with Crippen molar-refractivity contribution in [3.05, 3.63) is 46.5 Å². The van der Waals surface area contributed by atoms with Crippen molar-refractivity contribution < 1.29 is 0 Å². The van der Waals surface area contributed by atoms with Crippen LogP contribution in [0.3, 0.4) is 0 Å². The highest BCUT2D eigenvalue weighted by Crippen LogP contribution is 2.37. The first kappa shape index (κ1) is 13.4. The van der Waals surface area contributed by atoms with Crippen molar-refractivity contribution in [1.82, 2.24) is 33.7 Å². The largest absolute Gasteiger partial charge is 0.312 e. The van der Waals surface area contributed by atoms with Gasteiger partial charge in [-0.3, -0.25) is 9.36 Å². The molecule has 4 aromatic heterocycles. The molecule has 5 rings (SSSR count). The molecule has 0 bridgehead atoms. The van der Waals surface area contributed by atoms with Gasteiger partial charge in [-0.2, -0.15) is 9.61 Å². The van der Waals surface area contributed by atoms with Crippen LogP contribution in [-0.4, -0.2) is 33.7 Å². The summed E-state index contributed by atoms with van der Waals surface area (Å²) >= 11 is 0. The van der Waals surface area contributed by atoms with E-state index in [4.69, 9.17) is 0 Å². The maximum Gasteiger partial charge on any atom is 0.274 e. The molecule has 0 radical (unpaired) electrons. The van der Waals surface area contributed by atoms with Crippen LogP contribution in [-0.2, 0) is 0 Å². The van der Waals surface area contributed by atoms with E-state index in [-0.39, 0.29) is 5.56 Å². The molecule has 0 atom stereocenters. The number of rotatable bonds is 2. The van der Waals surface area contributed by atoms with Crippen molar-refractivity contribution in [3.63, 3.8) is 0 Å². The summed E-state index contributed by atoms with van der Waals surface area (Å²) in [6, 6.07) is 3.93. The number of hydrogen-bond acceptors (Lipinski definition) is 5. The number of fused-ring (bicyclic) bond motifs is 2. The third-order valence-electron chi connectivity index (χ3n) is 4.43. The molecule has 8 heteroatoms. The van der Waals surface area contributed by atoms with Gasteiger partial charge < -0.3 is 4.57 Å². The summed E-state index contributed by atoms with van der Waals surface area (Å²) in [4.78, 5) is 25.6. The Balaban J connectivity index is 1.88. The quantitative estimate of drug-likeness (QED) is 0.560. The molecule has 0 saturated heterocycles. The summed E-state index contributed by atoms with van der Waals surface area (Å²) in [5, 5.41) is 4.28. The van der Waals surface area contributed by atoms with Gasteiger partial charge in [-0.05, 0) is 26.7 Å². The summed E-state index contributed by atoms with van der Waals surface area (Å²) < 4.78 is 5.42. The fraction of sp³-hybridized carbons (Fsp3) is 0.312. The Labute approximate surface area is 136 Å². The van der Waals surface area contributed by atoms with Crippen LogP contribution in [0, 0.1) is 13.8 Å². The van der Waals surface area contributed by atoms with Gasteiger partial charge in [0.05, 0.1) is 12.0 Å². The standard InChI is InChI=1S/C16H15N7O/c1-9-5-12-22(10(2)6-13(24)23(12)20-9)16-14-15(17-7-18-16)21(8-19-14)11-3-4-11/h5-8,11H,3-4H2,1-2H3. The van der Waals surface area contributed by atoms with Gasteiger partial charge in [0.15, 0.2) is 17.0 Å². The molecular formula is C16H15N7O. The highest BCUT2D eigenvalue weighted by molar-refractivity contribution is 5.79. The zero-order valence-corrected chi connectivity index (χ0v) is 13.3. The van der Waals surface area contributed by atoms with Crippen LogP contribution in [0.15, 0.2) is 29.6 Å². The first-order valence-electron chi connectivity index (χ1n) is 7.90. The zero-order chi connectivity index (χ0) is 16.4. The molecule has 0 aliphatic heterocycles. The average Bonchev–Trinajstić information content (AvgIpc) is 3.17. The highest BCUT2D eigenvalue weighted by atomic mass is 16.1. The second kappa shape index (κ2) is 4.50. The fourth-order valence-corrected chi connectivity index (χ4v) is 3.19. The lowest BCUT2D eigenvalue weighted by atomic mass is 10.3. The Morgan fingerprint density at radius 1 is 1.12 bits per heavy atom. The predicted molar refractivity (Wildman–Crippen MR) is 87.4 cm³/mol. The maximum absolute atomic E-state index is 12.2. The van der Waals surface area contributed by atoms with Crippen molar-refractivity contribution in [1.29, 1.82) is 0 Å². The molecular weight excluding hydrogens is 306 g/mol. The van der Waals surface area contributed by atoms with Crippen LogP contribution in [0.4, 0.5) is 0 Å². The van der Waals surface area contributed by atoms with E-state index in [2.05, 4.69) is 24.6 Å². The van der Waals surface area contributed by atoms with Crippen LogP contribution < -0.4 is 5.56 Å². The zero-order valence-electron chi connectivity index (χ0n) is 13.3. The monoisotopic (exact) mass is 321 g/mol. The van der Waals surface area contributed by atoms with Crippen LogP contribution in [0.2, 0.25) is 0 Å². The topological polar surface area (TPSA) is 82.9 Å². The van der Waals surface area contributed by atoms with Crippen molar-refractivity contribution in [2.24, 2.45) is 0 Å². The summed E-state index contributed by atoms with van der Waals surface area (Å²) in [7, 11) is 0. The molecule has 0 unspecified atom stereocenters. The van der Waals surface area contributed by atoms with Crippen molar-refractivity contribution in [2.45, 2.75) is 32.7 Å². The van der Waals surface area contributed by atoms with E-state index < -0.39 is 0 Å². The van der Waals surface area contributed by atoms with E-state index in [1.54, 1.807) is 12.4 Å². The summed E-state index contributed by atoms with van der Waals surface area (Å²) in [6.45, 7) is 3.75. The molecule has 0 spiro atoms. The molecule has 1 aliphatic rings. The summed E-state index contributed by atoms with van der Waals surface area (Å²) in [5.41, 5.74) is 3.65. The van der Waals surface area contributed by atoms with E-state index in [9.17, 15) is 4.79 Å². The van der Waals surface area contributed by atoms with Gasteiger partial charge in [0.1, 0.15) is 12.0 Å². The number of aromatic nitrogens is 7. The van der Waals surface area contributed by atoms with Gasteiger partial charge >= 0.3 is 0 Å². The molecule has 120 valence electrons. The van der Waals surface area contributed by atoms with Crippen LogP contribution in [0.5, 0.6) is 0 Å². The van der Waals surface area contributed by atoms with Gasteiger partial charge in [0, 0.05) is 23.9 Å². The van der Waals surface area contributed by atoms with Gasteiger partial charge in [-0.1, -0.05) is 0 Å². The SMILES string of the molecule is Cc1cc2n(-c3ncnc4c3ncn4C3CC3)c(C)cc(=O)n2n1. The first-order valence-corrected chi connectivity index (χ1v) is 7.90. The third-order valence-corrected chi connectivity index (χ3v) is 4.43. The smallest absolute Gasteiger partial charge is 0.274 e. The Morgan fingerprint density at radius 3 is 2.75 bits per heavy atom. The molecule has 4 aromatic rings. The normalized spacial score (nSPS) is 14.8. The summed E-state index contributed by atoms with van der Waals surface area (Å²) in [6.07, 6.45) is 5.70. The fourth-order valence-electron chi connectivity index (χ4n) is 3.19. The van der Waals surface area contributed by atoms with Gasteiger partial charge in [-0.15, -0.1) is 0 Å². The predicted octanol–water partition coefficient (Wildman–Crippen LogP) is 1.58.